The Labute approximate surface area is 73.4 Å². The zero-order valence-electron chi connectivity index (χ0n) is 7.68. The minimum absolute atomic E-state index is 0.00231. The van der Waals surface area contributed by atoms with E-state index in [-0.39, 0.29) is 11.8 Å². The van der Waals surface area contributed by atoms with E-state index in [4.69, 9.17) is 0 Å². The molecular weight excluding hydrogens is 150 g/mol. The number of carbonyl (C=O) groups is 1. The summed E-state index contributed by atoms with van der Waals surface area (Å²) in [5.41, 5.74) is 3.36. The van der Waals surface area contributed by atoms with E-state index >= 15 is 0 Å². The van der Waals surface area contributed by atoms with Crippen LogP contribution in [0.25, 0.3) is 0 Å². The van der Waals surface area contributed by atoms with E-state index in [0.29, 0.717) is 11.6 Å². The molecule has 1 fully saturated rings. The van der Waals surface area contributed by atoms with E-state index in [1.54, 1.807) is 0 Å². The highest BCUT2D eigenvalue weighted by molar-refractivity contribution is 5.93. The highest BCUT2D eigenvalue weighted by Crippen LogP contribution is 2.20. The first-order chi connectivity index (χ1) is 5.65. The largest absolute Gasteiger partial charge is 0.349 e. The third kappa shape index (κ3) is 2.24. The molecule has 0 radical (unpaired) electrons. The first-order valence-electron chi connectivity index (χ1n) is 4.36. The van der Waals surface area contributed by atoms with Crippen molar-refractivity contribution in [2.75, 3.05) is 0 Å². The molecule has 0 aliphatic heterocycles. The molecule has 12 heavy (non-hydrogen) atoms. The zero-order valence-corrected chi connectivity index (χ0v) is 7.68. The number of amides is 1. The molecule has 2 nitrogen and oxygen atoms in total. The van der Waals surface area contributed by atoms with Crippen molar-refractivity contribution >= 4 is 5.91 Å². The van der Waals surface area contributed by atoms with Crippen LogP contribution in [-0.4, -0.2) is 11.9 Å². The standard InChI is InChI=1S/C10H15NO/c1-4-9(7(2)3)10(12)11-8-5-6-8/h7-8H,1,5-6H2,2-3H3,(H,11,12). The van der Waals surface area contributed by atoms with Gasteiger partial charge < -0.3 is 5.32 Å². The van der Waals surface area contributed by atoms with Crippen LogP contribution in [0, 0.1) is 5.92 Å². The maximum Gasteiger partial charge on any atom is 0.255 e. The molecule has 0 spiro atoms. The fraction of sp³-hybridized carbons (Fsp3) is 0.600. The molecule has 0 aromatic carbocycles. The topological polar surface area (TPSA) is 29.1 Å². The van der Waals surface area contributed by atoms with Gasteiger partial charge >= 0.3 is 0 Å². The second-order valence-corrected chi connectivity index (χ2v) is 3.49. The van der Waals surface area contributed by atoms with Crippen LogP contribution in [0.4, 0.5) is 0 Å². The molecular formula is C10H15NO. The van der Waals surface area contributed by atoms with E-state index in [9.17, 15) is 4.79 Å². The molecule has 1 aliphatic carbocycles. The number of carbonyl (C=O) groups excluding carboxylic acids is 1. The van der Waals surface area contributed by atoms with Crippen molar-refractivity contribution in [3.8, 4) is 0 Å². The predicted octanol–water partition coefficient (Wildman–Crippen LogP) is 1.63. The van der Waals surface area contributed by atoms with Crippen LogP contribution in [0.15, 0.2) is 17.9 Å². The van der Waals surface area contributed by atoms with Crippen LogP contribution >= 0.6 is 0 Å². The summed E-state index contributed by atoms with van der Waals surface area (Å²) in [6.07, 6.45) is 2.24. The molecule has 2 heteroatoms. The van der Waals surface area contributed by atoms with Gasteiger partial charge in [-0.25, -0.2) is 0 Å². The van der Waals surface area contributed by atoms with Crippen LogP contribution in [0.2, 0.25) is 0 Å². The molecule has 0 atom stereocenters. The first-order valence-corrected chi connectivity index (χ1v) is 4.36. The van der Waals surface area contributed by atoms with Crippen LogP contribution < -0.4 is 5.32 Å². The van der Waals surface area contributed by atoms with Crippen molar-refractivity contribution in [2.45, 2.75) is 32.7 Å². The molecule has 1 rings (SSSR count). The van der Waals surface area contributed by atoms with Crippen molar-refractivity contribution < 1.29 is 4.79 Å². The third-order valence-electron chi connectivity index (χ3n) is 1.92. The van der Waals surface area contributed by atoms with Crippen molar-refractivity contribution in [3.63, 3.8) is 0 Å². The summed E-state index contributed by atoms with van der Waals surface area (Å²) < 4.78 is 0. The van der Waals surface area contributed by atoms with Crippen LogP contribution in [0.3, 0.4) is 0 Å². The lowest BCUT2D eigenvalue weighted by Crippen LogP contribution is -2.28. The molecule has 1 saturated carbocycles. The minimum Gasteiger partial charge on any atom is -0.349 e. The molecule has 0 aromatic heterocycles. The Kier molecular flexibility index (Phi) is 2.72. The van der Waals surface area contributed by atoms with Gasteiger partial charge in [-0.05, 0) is 18.8 Å². The number of hydrogen-bond donors (Lipinski definition) is 1. The number of rotatable bonds is 3. The van der Waals surface area contributed by atoms with Crippen LogP contribution in [-0.2, 0) is 4.79 Å². The fourth-order valence-corrected chi connectivity index (χ4v) is 1.04. The Bertz CT molecular complexity index is 232. The summed E-state index contributed by atoms with van der Waals surface area (Å²) in [7, 11) is 0. The maximum atomic E-state index is 11.4. The summed E-state index contributed by atoms with van der Waals surface area (Å²) in [4.78, 5) is 11.4. The van der Waals surface area contributed by atoms with Gasteiger partial charge in [0.25, 0.3) is 5.91 Å². The molecule has 1 N–H and O–H groups in total. The monoisotopic (exact) mass is 165 g/mol. The summed E-state index contributed by atoms with van der Waals surface area (Å²) in [6.45, 7) is 7.45. The molecule has 1 amide bonds. The molecule has 0 aromatic rings. The Morgan fingerprint density at radius 2 is 2.17 bits per heavy atom. The highest BCUT2D eigenvalue weighted by Gasteiger charge is 2.25. The van der Waals surface area contributed by atoms with E-state index in [1.807, 2.05) is 13.8 Å². The van der Waals surface area contributed by atoms with Gasteiger partial charge in [-0.15, -0.1) is 5.73 Å². The van der Waals surface area contributed by atoms with E-state index < -0.39 is 0 Å². The molecule has 66 valence electrons. The van der Waals surface area contributed by atoms with Gasteiger partial charge in [0.2, 0.25) is 0 Å². The van der Waals surface area contributed by atoms with Crippen molar-refractivity contribution in [3.05, 3.63) is 17.9 Å². The Hall–Kier alpha value is -1.01. The maximum absolute atomic E-state index is 11.4. The molecule has 1 aliphatic rings. The summed E-state index contributed by atoms with van der Waals surface area (Å²) in [5.74, 6) is 0.212. The summed E-state index contributed by atoms with van der Waals surface area (Å²) in [6, 6.07) is 0.416. The molecule has 0 unspecified atom stereocenters. The number of hydrogen-bond acceptors (Lipinski definition) is 1. The van der Waals surface area contributed by atoms with Gasteiger partial charge in [0, 0.05) is 6.04 Å². The van der Waals surface area contributed by atoms with E-state index in [1.165, 1.54) is 0 Å². The Morgan fingerprint density at radius 1 is 1.58 bits per heavy atom. The second kappa shape index (κ2) is 3.59. The lowest BCUT2D eigenvalue weighted by Gasteiger charge is -2.08. The third-order valence-corrected chi connectivity index (χ3v) is 1.92. The lowest BCUT2D eigenvalue weighted by molar-refractivity contribution is -0.118. The smallest absolute Gasteiger partial charge is 0.255 e. The first kappa shape index (κ1) is 9.08. The average Bonchev–Trinajstić information content (AvgIpc) is 2.71. The van der Waals surface area contributed by atoms with Gasteiger partial charge in [-0.3, -0.25) is 4.79 Å². The van der Waals surface area contributed by atoms with E-state index in [0.717, 1.165) is 12.8 Å². The normalized spacial score (nSPS) is 15.6. The van der Waals surface area contributed by atoms with Crippen molar-refractivity contribution in [2.24, 2.45) is 5.92 Å². The average molecular weight is 165 g/mol. The summed E-state index contributed by atoms with van der Waals surface area (Å²) >= 11 is 0. The van der Waals surface area contributed by atoms with Gasteiger partial charge in [-0.1, -0.05) is 20.4 Å². The SMILES string of the molecule is C=C=C(C(=O)NC1CC1)C(C)C. The minimum atomic E-state index is 0.00231. The molecule has 0 heterocycles. The van der Waals surface area contributed by atoms with Gasteiger partial charge in [0.1, 0.15) is 0 Å². The molecule has 0 saturated heterocycles. The van der Waals surface area contributed by atoms with Gasteiger partial charge in [0.05, 0.1) is 5.57 Å². The Balaban J connectivity index is 2.53. The predicted molar refractivity (Wildman–Crippen MR) is 48.7 cm³/mol. The fourth-order valence-electron chi connectivity index (χ4n) is 1.04. The Morgan fingerprint density at radius 3 is 2.50 bits per heavy atom. The van der Waals surface area contributed by atoms with Crippen LogP contribution in [0.5, 0.6) is 0 Å². The molecule has 0 bridgehead atoms. The van der Waals surface area contributed by atoms with Gasteiger partial charge in [-0.2, -0.15) is 0 Å². The van der Waals surface area contributed by atoms with E-state index in [2.05, 4.69) is 17.6 Å². The second-order valence-electron chi connectivity index (χ2n) is 3.49. The highest BCUT2D eigenvalue weighted by atomic mass is 16.1. The van der Waals surface area contributed by atoms with Crippen LogP contribution in [0.1, 0.15) is 26.7 Å². The van der Waals surface area contributed by atoms with Crippen molar-refractivity contribution in [1.82, 2.24) is 5.32 Å². The van der Waals surface area contributed by atoms with Crippen molar-refractivity contribution in [1.29, 1.82) is 0 Å². The van der Waals surface area contributed by atoms with Gasteiger partial charge in [0.15, 0.2) is 0 Å². The lowest BCUT2D eigenvalue weighted by atomic mass is 10.0. The summed E-state index contributed by atoms with van der Waals surface area (Å²) in [5, 5.41) is 2.91. The zero-order chi connectivity index (χ0) is 9.14. The quantitative estimate of drug-likeness (QED) is 0.500. The number of nitrogens with one attached hydrogen (secondary N) is 1.